The van der Waals surface area contributed by atoms with Crippen molar-refractivity contribution < 1.29 is 18.8 Å². The Kier molecular flexibility index (Phi) is 7.31. The maximum Gasteiger partial charge on any atom is 0.452 e. The summed E-state index contributed by atoms with van der Waals surface area (Å²) in [6.07, 6.45) is 3.40. The van der Waals surface area contributed by atoms with Gasteiger partial charge >= 0.3 is 12.2 Å². The minimum Gasteiger partial charge on any atom is -0.504 e. The van der Waals surface area contributed by atoms with Gasteiger partial charge in [-0.25, -0.2) is 9.59 Å². The lowest BCUT2D eigenvalue weighted by Crippen LogP contribution is -2.20. The third kappa shape index (κ3) is 6.47. The molecule has 1 saturated carbocycles. The van der Waals surface area contributed by atoms with Crippen LogP contribution in [0.3, 0.4) is 0 Å². The molecule has 1 fully saturated rings. The monoisotopic (exact) mass is 286 g/mol. The average Bonchev–Trinajstić information content (AvgIpc) is 2.43. The zero-order chi connectivity index (χ0) is 14.1. The molecule has 1 rings (SSSR count). The van der Waals surface area contributed by atoms with Gasteiger partial charge in [0.2, 0.25) is 9.04 Å². The maximum atomic E-state index is 11.4. The number of carbonyl (C=O) groups excluding carboxylic acids is 2. The van der Waals surface area contributed by atoms with Crippen LogP contribution in [0.1, 0.15) is 46.0 Å². The molecule has 108 valence electrons. The van der Waals surface area contributed by atoms with Gasteiger partial charge in [0.05, 0.1) is 0 Å². The standard InChI is InChI=1S/C12H22N2O4Si/c1-3-19(4-2)18-12(16)14-13-11(15)17-10-8-6-5-7-9-10/h10,19H,3-9H2,1-2H3. The molecule has 0 spiro atoms. The summed E-state index contributed by atoms with van der Waals surface area (Å²) in [7, 11) is -1.51. The predicted molar refractivity (Wildman–Crippen MR) is 72.8 cm³/mol. The highest BCUT2D eigenvalue weighted by Crippen LogP contribution is 2.20. The smallest absolute Gasteiger partial charge is 0.452 e. The molecule has 0 unspecified atom stereocenters. The minimum absolute atomic E-state index is 0.0790. The van der Waals surface area contributed by atoms with Crippen molar-refractivity contribution in [2.75, 3.05) is 0 Å². The molecule has 7 heteroatoms. The van der Waals surface area contributed by atoms with Gasteiger partial charge in [-0.2, -0.15) is 0 Å². The molecule has 0 aromatic heterocycles. The Balaban J connectivity index is 2.29. The second-order valence-corrected chi connectivity index (χ2v) is 7.78. The number of amides is 2. The van der Waals surface area contributed by atoms with Gasteiger partial charge in [-0.3, -0.25) is 0 Å². The molecular formula is C12H22N2O4Si. The average molecular weight is 286 g/mol. The van der Waals surface area contributed by atoms with Crippen LogP contribution in [0.5, 0.6) is 0 Å². The summed E-state index contributed by atoms with van der Waals surface area (Å²) in [6, 6.07) is 1.70. The summed E-state index contributed by atoms with van der Waals surface area (Å²) in [6.45, 7) is 3.95. The third-order valence-electron chi connectivity index (χ3n) is 3.21. The first-order valence-electron chi connectivity index (χ1n) is 6.98. The van der Waals surface area contributed by atoms with Crippen LogP contribution < -0.4 is 0 Å². The molecule has 0 aromatic rings. The first kappa shape index (κ1) is 15.8. The second-order valence-electron chi connectivity index (χ2n) is 4.67. The molecule has 2 amide bonds. The predicted octanol–water partition coefficient (Wildman–Crippen LogP) is 3.81. The fourth-order valence-electron chi connectivity index (χ4n) is 2.05. The van der Waals surface area contributed by atoms with E-state index >= 15 is 0 Å². The van der Waals surface area contributed by atoms with Crippen molar-refractivity contribution in [3.05, 3.63) is 0 Å². The van der Waals surface area contributed by atoms with Gasteiger partial charge in [-0.05, 0) is 37.8 Å². The molecule has 0 aliphatic heterocycles. The van der Waals surface area contributed by atoms with Crippen LogP contribution in [0.2, 0.25) is 12.1 Å². The van der Waals surface area contributed by atoms with E-state index in [1.54, 1.807) is 0 Å². The van der Waals surface area contributed by atoms with E-state index in [1.165, 1.54) is 6.42 Å². The van der Waals surface area contributed by atoms with Crippen LogP contribution >= 0.6 is 0 Å². The highest BCUT2D eigenvalue weighted by atomic mass is 28.3. The summed E-state index contributed by atoms with van der Waals surface area (Å²) in [5, 5.41) is 6.50. The Morgan fingerprint density at radius 1 is 1.05 bits per heavy atom. The van der Waals surface area contributed by atoms with E-state index in [0.29, 0.717) is 0 Å². The van der Waals surface area contributed by atoms with Gasteiger partial charge in [0.1, 0.15) is 6.10 Å². The Bertz CT molecular complexity index is 326. The Morgan fingerprint density at radius 2 is 1.63 bits per heavy atom. The van der Waals surface area contributed by atoms with Crippen LogP contribution in [-0.2, 0) is 9.16 Å². The fourth-order valence-corrected chi connectivity index (χ4v) is 3.30. The quantitative estimate of drug-likeness (QED) is 0.581. The third-order valence-corrected chi connectivity index (χ3v) is 5.57. The summed E-state index contributed by atoms with van der Waals surface area (Å²) < 4.78 is 10.2. The maximum absolute atomic E-state index is 11.4. The highest BCUT2D eigenvalue weighted by Gasteiger charge is 2.18. The molecule has 1 aliphatic carbocycles. The van der Waals surface area contributed by atoms with E-state index in [0.717, 1.165) is 37.8 Å². The Labute approximate surface area is 115 Å². The number of hydrogen-bond acceptors (Lipinski definition) is 4. The van der Waals surface area contributed by atoms with E-state index in [2.05, 4.69) is 10.2 Å². The van der Waals surface area contributed by atoms with Crippen molar-refractivity contribution in [2.45, 2.75) is 64.1 Å². The normalized spacial score (nSPS) is 16.8. The minimum atomic E-state index is -1.51. The van der Waals surface area contributed by atoms with Crippen LogP contribution in [0.25, 0.3) is 0 Å². The molecule has 0 bridgehead atoms. The number of rotatable bonds is 4. The summed E-state index contributed by atoms with van der Waals surface area (Å²) >= 11 is 0. The topological polar surface area (TPSA) is 77.3 Å². The zero-order valence-corrected chi connectivity index (χ0v) is 12.8. The molecule has 1 aliphatic rings. The van der Waals surface area contributed by atoms with E-state index in [1.807, 2.05) is 13.8 Å². The molecule has 6 nitrogen and oxygen atoms in total. The first-order valence-corrected chi connectivity index (χ1v) is 9.09. The number of nitrogens with zero attached hydrogens (tertiary/aromatic N) is 2. The molecule has 0 aromatic carbocycles. The van der Waals surface area contributed by atoms with Crippen molar-refractivity contribution in [1.82, 2.24) is 0 Å². The van der Waals surface area contributed by atoms with Crippen LogP contribution in [0.15, 0.2) is 10.2 Å². The lowest BCUT2D eigenvalue weighted by molar-refractivity contribution is 0.0817. The lowest BCUT2D eigenvalue weighted by atomic mass is 9.98. The first-order chi connectivity index (χ1) is 9.15. The van der Waals surface area contributed by atoms with Gasteiger partial charge in [0.25, 0.3) is 0 Å². The molecule has 0 radical (unpaired) electrons. The molecule has 0 atom stereocenters. The fraction of sp³-hybridized carbons (Fsp3) is 0.833. The van der Waals surface area contributed by atoms with Gasteiger partial charge in [-0.1, -0.05) is 30.5 Å². The number of azo groups is 1. The van der Waals surface area contributed by atoms with Crippen molar-refractivity contribution in [2.24, 2.45) is 10.2 Å². The van der Waals surface area contributed by atoms with Crippen LogP contribution in [0, 0.1) is 0 Å². The summed E-state index contributed by atoms with van der Waals surface area (Å²) in [4.78, 5) is 22.7. The van der Waals surface area contributed by atoms with E-state index in [-0.39, 0.29) is 6.10 Å². The Hall–Kier alpha value is -1.24. The van der Waals surface area contributed by atoms with Gasteiger partial charge in [0.15, 0.2) is 0 Å². The molecule has 19 heavy (non-hydrogen) atoms. The summed E-state index contributed by atoms with van der Waals surface area (Å²) in [5.41, 5.74) is 0. The highest BCUT2D eigenvalue weighted by molar-refractivity contribution is 6.53. The molecular weight excluding hydrogens is 264 g/mol. The van der Waals surface area contributed by atoms with Crippen molar-refractivity contribution in [3.8, 4) is 0 Å². The van der Waals surface area contributed by atoms with Crippen molar-refractivity contribution >= 4 is 21.2 Å². The van der Waals surface area contributed by atoms with Crippen molar-refractivity contribution in [3.63, 3.8) is 0 Å². The SMILES string of the molecule is CC[SiH](CC)OC(=O)N=NC(=O)OC1CCCCC1. The molecule has 0 N–H and O–H groups in total. The van der Waals surface area contributed by atoms with Gasteiger partial charge in [0, 0.05) is 0 Å². The van der Waals surface area contributed by atoms with E-state index in [9.17, 15) is 9.59 Å². The second kappa shape index (κ2) is 8.79. The van der Waals surface area contributed by atoms with E-state index < -0.39 is 21.2 Å². The lowest BCUT2D eigenvalue weighted by Gasteiger charge is -2.20. The van der Waals surface area contributed by atoms with E-state index in [4.69, 9.17) is 9.16 Å². The number of carbonyl (C=O) groups is 2. The van der Waals surface area contributed by atoms with Gasteiger partial charge < -0.3 is 9.16 Å². The number of hydrogen-bond donors (Lipinski definition) is 0. The number of ether oxygens (including phenoxy) is 1. The van der Waals surface area contributed by atoms with Crippen molar-refractivity contribution in [1.29, 1.82) is 0 Å². The van der Waals surface area contributed by atoms with Gasteiger partial charge in [-0.15, -0.1) is 0 Å². The van der Waals surface area contributed by atoms with Crippen LogP contribution in [-0.4, -0.2) is 27.3 Å². The molecule has 0 heterocycles. The zero-order valence-electron chi connectivity index (χ0n) is 11.6. The largest absolute Gasteiger partial charge is 0.504 e. The summed E-state index contributed by atoms with van der Waals surface area (Å²) in [5.74, 6) is 0. The molecule has 0 saturated heterocycles. The Morgan fingerprint density at radius 3 is 2.21 bits per heavy atom. The van der Waals surface area contributed by atoms with Crippen LogP contribution in [0.4, 0.5) is 9.59 Å².